The summed E-state index contributed by atoms with van der Waals surface area (Å²) < 4.78 is 24.5. The highest BCUT2D eigenvalue weighted by molar-refractivity contribution is 6.32. The van der Waals surface area contributed by atoms with Crippen molar-refractivity contribution in [3.63, 3.8) is 0 Å². The van der Waals surface area contributed by atoms with E-state index in [1.165, 1.54) is 11.1 Å². The van der Waals surface area contributed by atoms with Crippen LogP contribution < -0.4 is 10.9 Å². The fourth-order valence-electron chi connectivity index (χ4n) is 2.61. The largest absolute Gasteiger partial charge is 0.456 e. The van der Waals surface area contributed by atoms with Gasteiger partial charge in [0.15, 0.2) is 0 Å². The summed E-state index contributed by atoms with van der Waals surface area (Å²) in [7, 11) is 0. The van der Waals surface area contributed by atoms with Crippen LogP contribution in [0.15, 0.2) is 24.4 Å². The Bertz CT molecular complexity index is 734. The van der Waals surface area contributed by atoms with Crippen molar-refractivity contribution in [1.29, 1.82) is 0 Å². The van der Waals surface area contributed by atoms with Gasteiger partial charge >= 0.3 is 5.97 Å². The number of hydrogen-bond acceptors (Lipinski definition) is 6. The summed E-state index contributed by atoms with van der Waals surface area (Å²) in [5.74, 6) is 5.79. The van der Waals surface area contributed by atoms with Crippen LogP contribution in [-0.2, 0) is 9.47 Å². The van der Waals surface area contributed by atoms with Gasteiger partial charge in [-0.15, -0.1) is 0 Å². The molecule has 0 spiro atoms. The zero-order valence-electron chi connectivity index (χ0n) is 17.0. The summed E-state index contributed by atoms with van der Waals surface area (Å²) in [6, 6.07) is 3.09. The number of anilines is 1. The number of halogens is 2. The van der Waals surface area contributed by atoms with Gasteiger partial charge in [0.25, 0.3) is 0 Å². The van der Waals surface area contributed by atoms with Crippen LogP contribution >= 0.6 is 11.6 Å². The van der Waals surface area contributed by atoms with Gasteiger partial charge in [-0.1, -0.05) is 18.5 Å². The molecule has 1 saturated carbocycles. The number of rotatable bonds is 8. The zero-order chi connectivity index (χ0) is 21.1. The van der Waals surface area contributed by atoms with E-state index in [1.807, 2.05) is 13.8 Å². The second kappa shape index (κ2) is 8.76. The Morgan fingerprint density at radius 1 is 1.54 bits per heavy atom. The Morgan fingerprint density at radius 3 is 2.68 bits per heavy atom. The van der Waals surface area contributed by atoms with Crippen molar-refractivity contribution in [1.82, 2.24) is 4.98 Å². The molecule has 3 unspecified atom stereocenters. The average molecular weight is 414 g/mol. The number of esters is 1. The molecule has 0 amide bonds. The maximum absolute atomic E-state index is 13.5. The number of nitrogens with two attached hydrogens (primary N) is 1. The highest BCUT2D eigenvalue weighted by atomic mass is 35.5. The van der Waals surface area contributed by atoms with Crippen LogP contribution in [0.4, 0.5) is 10.2 Å². The summed E-state index contributed by atoms with van der Waals surface area (Å²) in [5.41, 5.74) is -0.780. The van der Waals surface area contributed by atoms with Gasteiger partial charge in [0.2, 0.25) is 0 Å². The van der Waals surface area contributed by atoms with Crippen LogP contribution in [0.2, 0.25) is 5.15 Å². The molecule has 0 aliphatic heterocycles. The fraction of sp³-hybridized carbons (Fsp3) is 0.600. The molecule has 0 saturated heterocycles. The lowest BCUT2D eigenvalue weighted by molar-refractivity contribution is 0.00693. The molecule has 2 N–H and O–H groups in total. The second-order valence-electron chi connectivity index (χ2n) is 8.16. The summed E-state index contributed by atoms with van der Waals surface area (Å²) in [6.07, 6.45) is 3.66. The standard InChI is InChI=1S/C20H29ClFN3O3/c1-6-20(11-15(20)22)12-27-13(2)9-10-25(23)16-8-7-14(17(21)24-16)18(26)28-19(3,4)5/h7-10,13,15H,6,11-12,23H2,1-5H3/b10-9-. The highest BCUT2D eigenvalue weighted by Crippen LogP contribution is 2.51. The molecular formula is C20H29ClFN3O3. The minimum atomic E-state index is -0.769. The third-order valence-electron chi connectivity index (χ3n) is 4.66. The van der Waals surface area contributed by atoms with Crippen LogP contribution in [0.5, 0.6) is 0 Å². The fourth-order valence-corrected chi connectivity index (χ4v) is 2.84. The molecule has 1 fully saturated rings. The summed E-state index contributed by atoms with van der Waals surface area (Å²) in [4.78, 5) is 16.3. The summed E-state index contributed by atoms with van der Waals surface area (Å²) in [5, 5.41) is 1.28. The number of alkyl halides is 1. The number of ether oxygens (including phenoxy) is 2. The Balaban J connectivity index is 1.94. The normalized spacial score (nSPS) is 22.9. The quantitative estimate of drug-likeness (QED) is 0.294. The second-order valence-corrected chi connectivity index (χ2v) is 8.52. The van der Waals surface area contributed by atoms with Crippen LogP contribution in [-0.4, -0.2) is 35.4 Å². The average Bonchev–Trinajstić information content (AvgIpc) is 3.26. The van der Waals surface area contributed by atoms with Crippen molar-refractivity contribution < 1.29 is 18.7 Å². The van der Waals surface area contributed by atoms with Crippen molar-refractivity contribution in [3.05, 3.63) is 35.1 Å². The Kier molecular flexibility index (Phi) is 7.07. The molecule has 6 nitrogen and oxygen atoms in total. The first-order valence-electron chi connectivity index (χ1n) is 9.35. The molecule has 0 bridgehead atoms. The SMILES string of the molecule is CCC1(COC(C)/C=C\N(N)c2ccc(C(=O)OC(C)(C)C)c(Cl)n2)CC1F. The molecule has 156 valence electrons. The van der Waals surface area contributed by atoms with Crippen LogP contribution in [0, 0.1) is 5.41 Å². The van der Waals surface area contributed by atoms with E-state index in [2.05, 4.69) is 4.98 Å². The molecule has 1 aromatic rings. The summed E-state index contributed by atoms with van der Waals surface area (Å²) in [6.45, 7) is 9.53. The van der Waals surface area contributed by atoms with Crippen molar-refractivity contribution >= 4 is 23.4 Å². The van der Waals surface area contributed by atoms with Gasteiger partial charge in [0.1, 0.15) is 22.7 Å². The van der Waals surface area contributed by atoms with Crippen LogP contribution in [0.3, 0.4) is 0 Å². The molecule has 1 aliphatic carbocycles. The molecule has 1 aliphatic rings. The summed E-state index contributed by atoms with van der Waals surface area (Å²) >= 11 is 6.12. The third-order valence-corrected chi connectivity index (χ3v) is 4.95. The number of aromatic nitrogens is 1. The Hall–Kier alpha value is -1.70. The first-order chi connectivity index (χ1) is 13.0. The maximum Gasteiger partial charge on any atom is 0.341 e. The number of pyridine rings is 1. The Morgan fingerprint density at radius 2 is 2.18 bits per heavy atom. The number of nitrogens with zero attached hydrogens (tertiary/aromatic N) is 2. The molecule has 0 aromatic carbocycles. The number of carbonyl (C=O) groups excluding carboxylic acids is 1. The molecule has 1 heterocycles. The molecule has 28 heavy (non-hydrogen) atoms. The van der Waals surface area contributed by atoms with E-state index in [0.29, 0.717) is 18.8 Å². The number of hydrogen-bond donors (Lipinski definition) is 1. The molecule has 3 atom stereocenters. The monoisotopic (exact) mass is 413 g/mol. The van der Waals surface area contributed by atoms with Crippen LogP contribution in [0.1, 0.15) is 57.8 Å². The van der Waals surface area contributed by atoms with Gasteiger partial charge in [-0.2, -0.15) is 0 Å². The van der Waals surface area contributed by atoms with E-state index in [0.717, 1.165) is 6.42 Å². The van der Waals surface area contributed by atoms with Crippen molar-refractivity contribution in [2.45, 2.75) is 65.3 Å². The predicted octanol–water partition coefficient (Wildman–Crippen LogP) is 4.43. The Labute approximate surface area is 170 Å². The third kappa shape index (κ3) is 5.90. The van der Waals surface area contributed by atoms with Crippen LogP contribution in [0.25, 0.3) is 0 Å². The van der Waals surface area contributed by atoms with E-state index in [9.17, 15) is 9.18 Å². The topological polar surface area (TPSA) is 77.7 Å². The molecule has 8 heteroatoms. The van der Waals surface area contributed by atoms with E-state index in [-0.39, 0.29) is 22.2 Å². The van der Waals surface area contributed by atoms with Crippen molar-refractivity contribution in [2.75, 3.05) is 11.6 Å². The lowest BCUT2D eigenvalue weighted by atomic mass is 10.1. The smallest absolute Gasteiger partial charge is 0.341 e. The van der Waals surface area contributed by atoms with Gasteiger partial charge in [-0.3, -0.25) is 5.01 Å². The van der Waals surface area contributed by atoms with Crippen molar-refractivity contribution in [2.24, 2.45) is 11.3 Å². The van der Waals surface area contributed by atoms with Gasteiger partial charge in [0, 0.05) is 11.6 Å². The van der Waals surface area contributed by atoms with Crippen molar-refractivity contribution in [3.8, 4) is 0 Å². The first-order valence-corrected chi connectivity index (χ1v) is 9.73. The van der Waals surface area contributed by atoms with E-state index in [4.69, 9.17) is 26.9 Å². The first kappa shape index (κ1) is 22.6. The van der Waals surface area contributed by atoms with Gasteiger partial charge in [-0.25, -0.2) is 20.0 Å². The lowest BCUT2D eigenvalue weighted by Crippen LogP contribution is -2.27. The minimum Gasteiger partial charge on any atom is -0.456 e. The molecular weight excluding hydrogens is 385 g/mol. The van der Waals surface area contributed by atoms with Gasteiger partial charge in [-0.05, 0) is 58.7 Å². The van der Waals surface area contributed by atoms with E-state index in [1.54, 1.807) is 39.1 Å². The predicted molar refractivity (Wildman–Crippen MR) is 108 cm³/mol. The number of hydrazine groups is 1. The maximum atomic E-state index is 13.5. The molecule has 1 aromatic heterocycles. The molecule has 0 radical (unpaired) electrons. The van der Waals surface area contributed by atoms with Gasteiger partial charge in [0.05, 0.1) is 18.3 Å². The van der Waals surface area contributed by atoms with Gasteiger partial charge < -0.3 is 9.47 Å². The zero-order valence-corrected chi connectivity index (χ0v) is 17.8. The van der Waals surface area contributed by atoms with E-state index >= 15 is 0 Å². The van der Waals surface area contributed by atoms with E-state index < -0.39 is 17.7 Å². The number of carbonyl (C=O) groups is 1. The minimum absolute atomic E-state index is 0.00695. The lowest BCUT2D eigenvalue weighted by Gasteiger charge is -2.20. The highest BCUT2D eigenvalue weighted by Gasteiger charge is 2.54. The molecule has 2 rings (SSSR count).